The summed E-state index contributed by atoms with van der Waals surface area (Å²) < 4.78 is 0. The molecule has 0 saturated heterocycles. The summed E-state index contributed by atoms with van der Waals surface area (Å²) in [6.45, 7) is 1.72. The van der Waals surface area contributed by atoms with Crippen molar-refractivity contribution in [1.82, 2.24) is 10.6 Å². The number of thiophene rings is 1. The molecule has 114 valence electrons. The molecule has 0 bridgehead atoms. The van der Waals surface area contributed by atoms with Crippen molar-refractivity contribution < 1.29 is 4.79 Å². The maximum atomic E-state index is 12.7. The average molecular weight is 317 g/mol. The molecule has 1 aromatic rings. The third kappa shape index (κ3) is 3.96. The number of nitrogens with one attached hydrogen (secondary N) is 2. The van der Waals surface area contributed by atoms with Crippen molar-refractivity contribution in [3.8, 4) is 0 Å². The monoisotopic (exact) mass is 316 g/mol. The van der Waals surface area contributed by atoms with E-state index in [0.717, 1.165) is 32.4 Å². The molecule has 2 N–H and O–H groups in total. The lowest BCUT2D eigenvalue weighted by Gasteiger charge is -2.35. The third-order valence-electron chi connectivity index (χ3n) is 4.02. The summed E-state index contributed by atoms with van der Waals surface area (Å²) in [4.78, 5) is 13.9. The van der Waals surface area contributed by atoms with E-state index >= 15 is 0 Å². The van der Waals surface area contributed by atoms with Crippen LogP contribution in [0.5, 0.6) is 0 Å². The molecule has 3 nitrogen and oxygen atoms in total. The average Bonchev–Trinajstić information content (AvgIpc) is 2.99. The first-order chi connectivity index (χ1) is 9.29. The minimum atomic E-state index is -0.244. The van der Waals surface area contributed by atoms with Gasteiger partial charge in [0.25, 0.3) is 0 Å². The van der Waals surface area contributed by atoms with Crippen molar-refractivity contribution in [1.29, 1.82) is 0 Å². The van der Waals surface area contributed by atoms with Crippen LogP contribution in [0.4, 0.5) is 0 Å². The van der Waals surface area contributed by atoms with E-state index in [-0.39, 0.29) is 23.7 Å². The summed E-state index contributed by atoms with van der Waals surface area (Å²) in [6, 6.07) is 4.19. The Hall–Kier alpha value is -0.580. The summed E-state index contributed by atoms with van der Waals surface area (Å²) >= 11 is 1.73. The number of rotatable bonds is 6. The highest BCUT2D eigenvalue weighted by Gasteiger charge is 2.41. The minimum absolute atomic E-state index is 0. The van der Waals surface area contributed by atoms with Crippen molar-refractivity contribution in [3.63, 3.8) is 0 Å². The van der Waals surface area contributed by atoms with Gasteiger partial charge in [0, 0.05) is 11.4 Å². The molecule has 1 heterocycles. The van der Waals surface area contributed by atoms with E-state index in [0.29, 0.717) is 0 Å². The maximum absolute atomic E-state index is 12.7. The second kappa shape index (κ2) is 8.65. The highest BCUT2D eigenvalue weighted by Crippen LogP contribution is 2.41. The van der Waals surface area contributed by atoms with Crippen LogP contribution in [-0.4, -0.2) is 26.0 Å². The minimum Gasteiger partial charge on any atom is -0.355 e. The van der Waals surface area contributed by atoms with Gasteiger partial charge < -0.3 is 10.6 Å². The van der Waals surface area contributed by atoms with Crippen molar-refractivity contribution >= 4 is 29.7 Å². The van der Waals surface area contributed by atoms with Gasteiger partial charge in [0.1, 0.15) is 0 Å². The van der Waals surface area contributed by atoms with Gasteiger partial charge in [0.15, 0.2) is 0 Å². The molecule has 0 aliphatic heterocycles. The smallest absolute Gasteiger partial charge is 0.231 e. The Bertz CT molecular complexity index is 389. The molecule has 0 atom stereocenters. The van der Waals surface area contributed by atoms with Gasteiger partial charge in [-0.25, -0.2) is 0 Å². The SMILES string of the molecule is CNCCCNC(=O)C1(c2cccs2)CCCCC1.Cl. The predicted molar refractivity (Wildman–Crippen MR) is 87.9 cm³/mol. The molecule has 5 heteroatoms. The molecule has 1 aliphatic carbocycles. The fraction of sp³-hybridized carbons (Fsp3) is 0.667. The topological polar surface area (TPSA) is 41.1 Å². The van der Waals surface area contributed by atoms with Gasteiger partial charge in [0.05, 0.1) is 5.41 Å². The quantitative estimate of drug-likeness (QED) is 0.792. The standard InChI is InChI=1S/C15H24N2OS.ClH/c1-16-10-6-11-17-14(18)15(8-3-2-4-9-15)13-7-5-12-19-13;/h5,7,12,16H,2-4,6,8-11H2,1H3,(H,17,18);1H. The molecule has 0 aromatic carbocycles. The van der Waals surface area contributed by atoms with Gasteiger partial charge in [-0.2, -0.15) is 0 Å². The zero-order valence-corrected chi connectivity index (χ0v) is 13.7. The van der Waals surface area contributed by atoms with Crippen LogP contribution in [0.15, 0.2) is 17.5 Å². The Balaban J connectivity index is 0.00000200. The van der Waals surface area contributed by atoms with Crippen molar-refractivity contribution in [2.75, 3.05) is 20.1 Å². The molecular formula is C15H25ClN2OS. The number of hydrogen-bond donors (Lipinski definition) is 2. The first-order valence-electron chi connectivity index (χ1n) is 7.26. The van der Waals surface area contributed by atoms with Crippen molar-refractivity contribution in [2.45, 2.75) is 43.9 Å². The first-order valence-corrected chi connectivity index (χ1v) is 8.14. The molecule has 1 saturated carbocycles. The largest absolute Gasteiger partial charge is 0.355 e. The van der Waals surface area contributed by atoms with Crippen LogP contribution in [-0.2, 0) is 10.2 Å². The summed E-state index contributed by atoms with van der Waals surface area (Å²) in [5, 5.41) is 8.34. The zero-order chi connectivity index (χ0) is 13.6. The number of carbonyl (C=O) groups is 1. The van der Waals surface area contributed by atoms with Crippen LogP contribution < -0.4 is 10.6 Å². The summed E-state index contributed by atoms with van der Waals surface area (Å²) in [7, 11) is 1.94. The lowest BCUT2D eigenvalue weighted by molar-refractivity contribution is -0.127. The van der Waals surface area contributed by atoms with Gasteiger partial charge in [-0.3, -0.25) is 4.79 Å². The van der Waals surface area contributed by atoms with E-state index in [1.54, 1.807) is 11.3 Å². The van der Waals surface area contributed by atoms with Gasteiger partial charge >= 0.3 is 0 Å². The second-order valence-corrected chi connectivity index (χ2v) is 6.28. The molecule has 1 fully saturated rings. The molecule has 0 spiro atoms. The Morgan fingerprint density at radius 2 is 2.05 bits per heavy atom. The first kappa shape index (κ1) is 17.5. The van der Waals surface area contributed by atoms with Crippen molar-refractivity contribution in [3.05, 3.63) is 22.4 Å². The van der Waals surface area contributed by atoms with Gasteiger partial charge in [0.2, 0.25) is 5.91 Å². The highest BCUT2D eigenvalue weighted by molar-refractivity contribution is 7.10. The van der Waals surface area contributed by atoms with E-state index < -0.39 is 0 Å². The molecule has 0 unspecified atom stereocenters. The van der Waals surface area contributed by atoms with Crippen LogP contribution >= 0.6 is 23.7 Å². The number of halogens is 1. The number of amides is 1. The Kier molecular flexibility index (Phi) is 7.56. The van der Waals surface area contributed by atoms with Crippen LogP contribution in [0.3, 0.4) is 0 Å². The van der Waals surface area contributed by atoms with Gasteiger partial charge in [-0.05, 0) is 44.3 Å². The van der Waals surface area contributed by atoms with E-state index in [1.165, 1.54) is 24.1 Å². The van der Waals surface area contributed by atoms with Gasteiger partial charge in [-0.1, -0.05) is 25.3 Å². The van der Waals surface area contributed by atoms with E-state index in [1.807, 2.05) is 7.05 Å². The van der Waals surface area contributed by atoms with Gasteiger partial charge in [-0.15, -0.1) is 23.7 Å². The molecule has 1 aliphatic rings. The molecule has 0 radical (unpaired) electrons. The normalized spacial score (nSPS) is 17.2. The Morgan fingerprint density at radius 3 is 2.65 bits per heavy atom. The Labute approximate surface area is 131 Å². The highest BCUT2D eigenvalue weighted by atomic mass is 35.5. The van der Waals surface area contributed by atoms with Crippen molar-refractivity contribution in [2.24, 2.45) is 0 Å². The molecule has 1 amide bonds. The molecule has 20 heavy (non-hydrogen) atoms. The predicted octanol–water partition coefficient (Wildman–Crippen LogP) is 3.10. The molecular weight excluding hydrogens is 292 g/mol. The second-order valence-electron chi connectivity index (χ2n) is 5.33. The zero-order valence-electron chi connectivity index (χ0n) is 12.1. The van der Waals surface area contributed by atoms with Crippen LogP contribution in [0, 0.1) is 0 Å². The third-order valence-corrected chi connectivity index (χ3v) is 5.10. The van der Waals surface area contributed by atoms with E-state index in [2.05, 4.69) is 28.1 Å². The lowest BCUT2D eigenvalue weighted by Crippen LogP contribution is -2.45. The fourth-order valence-electron chi connectivity index (χ4n) is 2.93. The Morgan fingerprint density at radius 1 is 1.30 bits per heavy atom. The van der Waals surface area contributed by atoms with Crippen LogP contribution in [0.25, 0.3) is 0 Å². The van der Waals surface area contributed by atoms with Crippen LogP contribution in [0.1, 0.15) is 43.4 Å². The summed E-state index contributed by atoms with van der Waals surface area (Å²) in [5.74, 6) is 0.241. The van der Waals surface area contributed by atoms with E-state index in [9.17, 15) is 4.79 Å². The molecule has 2 rings (SSSR count). The van der Waals surface area contributed by atoms with E-state index in [4.69, 9.17) is 0 Å². The maximum Gasteiger partial charge on any atom is 0.231 e. The summed E-state index contributed by atoms with van der Waals surface area (Å²) in [5.41, 5.74) is -0.244. The fourth-order valence-corrected chi connectivity index (χ4v) is 3.91. The number of hydrogen-bond acceptors (Lipinski definition) is 3. The molecule has 1 aromatic heterocycles. The number of carbonyl (C=O) groups excluding carboxylic acids is 1. The van der Waals surface area contributed by atoms with Crippen LogP contribution in [0.2, 0.25) is 0 Å². The lowest BCUT2D eigenvalue weighted by atomic mass is 9.72. The summed E-state index contributed by atoms with van der Waals surface area (Å²) in [6.07, 6.45) is 6.60.